The molecule has 2 rings (SSSR count). The van der Waals surface area contributed by atoms with Gasteiger partial charge in [0.05, 0.1) is 10.3 Å². The van der Waals surface area contributed by atoms with E-state index in [1.807, 2.05) is 17.5 Å². The molecule has 0 atom stereocenters. The lowest BCUT2D eigenvalue weighted by Gasteiger charge is -1.82. The SMILES string of the molecule is O=[N+]([O-])c1csc(-c2cccs2)n1. The molecular weight excluding hydrogens is 208 g/mol. The van der Waals surface area contributed by atoms with Gasteiger partial charge in [0.2, 0.25) is 5.01 Å². The van der Waals surface area contributed by atoms with Crippen LogP contribution in [0.1, 0.15) is 0 Å². The van der Waals surface area contributed by atoms with E-state index in [1.54, 1.807) is 0 Å². The maximum atomic E-state index is 10.3. The zero-order valence-corrected chi connectivity index (χ0v) is 7.97. The largest absolute Gasteiger partial charge is 0.375 e. The number of hydrogen-bond donors (Lipinski definition) is 0. The summed E-state index contributed by atoms with van der Waals surface area (Å²) in [5.41, 5.74) is 0. The Morgan fingerprint density at radius 3 is 2.85 bits per heavy atom. The van der Waals surface area contributed by atoms with E-state index < -0.39 is 4.92 Å². The number of nitrogens with zero attached hydrogens (tertiary/aromatic N) is 2. The first-order valence-corrected chi connectivity index (χ1v) is 5.17. The van der Waals surface area contributed by atoms with Crippen LogP contribution in [0.25, 0.3) is 9.88 Å². The van der Waals surface area contributed by atoms with Gasteiger partial charge in [0.15, 0.2) is 0 Å². The van der Waals surface area contributed by atoms with Crippen molar-refractivity contribution in [2.75, 3.05) is 0 Å². The Bertz CT molecular complexity index is 421. The number of thiazole rings is 1. The zero-order chi connectivity index (χ0) is 9.26. The molecule has 2 aromatic heterocycles. The van der Waals surface area contributed by atoms with Crippen LogP contribution in [0.4, 0.5) is 5.82 Å². The number of thiophene rings is 1. The van der Waals surface area contributed by atoms with Gasteiger partial charge in [-0.15, -0.1) is 11.3 Å². The molecule has 6 heteroatoms. The average molecular weight is 212 g/mol. The Hall–Kier alpha value is -1.27. The van der Waals surface area contributed by atoms with Crippen LogP contribution < -0.4 is 0 Å². The maximum absolute atomic E-state index is 10.3. The Balaban J connectivity index is 2.39. The molecule has 0 unspecified atom stereocenters. The summed E-state index contributed by atoms with van der Waals surface area (Å²) < 4.78 is 0. The summed E-state index contributed by atoms with van der Waals surface area (Å²) in [7, 11) is 0. The van der Waals surface area contributed by atoms with Gasteiger partial charge >= 0.3 is 5.82 Å². The summed E-state index contributed by atoms with van der Waals surface area (Å²) in [6.07, 6.45) is 0. The molecule has 0 N–H and O–H groups in total. The van der Waals surface area contributed by atoms with E-state index in [1.165, 1.54) is 28.1 Å². The van der Waals surface area contributed by atoms with Crippen LogP contribution in [0.15, 0.2) is 22.9 Å². The molecule has 66 valence electrons. The van der Waals surface area contributed by atoms with Crippen LogP contribution in [0.3, 0.4) is 0 Å². The predicted molar refractivity (Wildman–Crippen MR) is 52.1 cm³/mol. The number of aromatic nitrogens is 1. The van der Waals surface area contributed by atoms with Crippen molar-refractivity contribution < 1.29 is 4.92 Å². The predicted octanol–water partition coefficient (Wildman–Crippen LogP) is 2.78. The molecule has 0 aliphatic rings. The monoisotopic (exact) mass is 212 g/mol. The lowest BCUT2D eigenvalue weighted by Crippen LogP contribution is -1.86. The Morgan fingerprint density at radius 2 is 2.31 bits per heavy atom. The summed E-state index contributed by atoms with van der Waals surface area (Å²) in [4.78, 5) is 14.7. The Kier molecular flexibility index (Phi) is 2.07. The molecule has 13 heavy (non-hydrogen) atoms. The third-order valence-electron chi connectivity index (χ3n) is 1.41. The van der Waals surface area contributed by atoms with Crippen LogP contribution in [0.5, 0.6) is 0 Å². The molecule has 0 radical (unpaired) electrons. The first kappa shape index (κ1) is 8.33. The molecule has 2 heterocycles. The summed E-state index contributed by atoms with van der Waals surface area (Å²) in [5, 5.41) is 14.4. The van der Waals surface area contributed by atoms with Gasteiger partial charge in [0.1, 0.15) is 0 Å². The van der Waals surface area contributed by atoms with Gasteiger partial charge in [-0.2, -0.15) is 0 Å². The third kappa shape index (κ3) is 1.58. The average Bonchev–Trinajstić information content (AvgIpc) is 2.75. The van der Waals surface area contributed by atoms with Crippen molar-refractivity contribution in [2.24, 2.45) is 0 Å². The van der Waals surface area contributed by atoms with Crippen LogP contribution >= 0.6 is 22.7 Å². The molecule has 2 aromatic rings. The summed E-state index contributed by atoms with van der Waals surface area (Å²) in [6.45, 7) is 0. The van der Waals surface area contributed by atoms with Crippen LogP contribution in [0.2, 0.25) is 0 Å². The quantitative estimate of drug-likeness (QED) is 0.568. The van der Waals surface area contributed by atoms with Crippen LogP contribution in [0, 0.1) is 10.1 Å². The summed E-state index contributed by atoms with van der Waals surface area (Å²) >= 11 is 2.82. The minimum Gasteiger partial charge on any atom is -0.358 e. The van der Waals surface area contributed by atoms with Crippen molar-refractivity contribution in [2.45, 2.75) is 0 Å². The van der Waals surface area contributed by atoms with Gasteiger partial charge < -0.3 is 10.1 Å². The molecule has 0 bridgehead atoms. The van der Waals surface area contributed by atoms with Crippen molar-refractivity contribution in [3.63, 3.8) is 0 Å². The number of nitro groups is 1. The van der Waals surface area contributed by atoms with E-state index in [-0.39, 0.29) is 5.82 Å². The molecule has 0 fully saturated rings. The van der Waals surface area contributed by atoms with E-state index in [2.05, 4.69) is 4.98 Å². The van der Waals surface area contributed by atoms with Gasteiger partial charge in [-0.25, -0.2) is 0 Å². The van der Waals surface area contributed by atoms with Gasteiger partial charge in [-0.1, -0.05) is 17.4 Å². The first-order valence-electron chi connectivity index (χ1n) is 3.41. The fourth-order valence-corrected chi connectivity index (χ4v) is 2.44. The fourth-order valence-electron chi connectivity index (χ4n) is 0.863. The van der Waals surface area contributed by atoms with E-state index in [4.69, 9.17) is 0 Å². The van der Waals surface area contributed by atoms with Crippen molar-refractivity contribution in [3.05, 3.63) is 33.0 Å². The molecule has 4 nitrogen and oxygen atoms in total. The van der Waals surface area contributed by atoms with Gasteiger partial charge in [0.25, 0.3) is 0 Å². The molecule has 0 aliphatic heterocycles. The van der Waals surface area contributed by atoms with Gasteiger partial charge in [-0.05, 0) is 21.4 Å². The van der Waals surface area contributed by atoms with Crippen molar-refractivity contribution in [1.82, 2.24) is 4.98 Å². The van der Waals surface area contributed by atoms with E-state index in [0.29, 0.717) is 5.01 Å². The highest BCUT2D eigenvalue weighted by Crippen LogP contribution is 2.29. The second kappa shape index (κ2) is 3.23. The van der Waals surface area contributed by atoms with E-state index in [9.17, 15) is 10.1 Å². The Labute approximate surface area is 81.6 Å². The molecule has 0 aromatic carbocycles. The fraction of sp³-hybridized carbons (Fsp3) is 0. The van der Waals surface area contributed by atoms with Crippen molar-refractivity contribution >= 4 is 28.5 Å². The van der Waals surface area contributed by atoms with Crippen LogP contribution in [-0.2, 0) is 0 Å². The second-order valence-electron chi connectivity index (χ2n) is 2.25. The van der Waals surface area contributed by atoms with Gasteiger partial charge in [0, 0.05) is 0 Å². The minimum atomic E-state index is -0.479. The lowest BCUT2D eigenvalue weighted by atomic mass is 10.5. The molecule has 0 saturated heterocycles. The molecule has 0 spiro atoms. The molecule has 0 aliphatic carbocycles. The lowest BCUT2D eigenvalue weighted by molar-refractivity contribution is -0.389. The third-order valence-corrected chi connectivity index (χ3v) is 3.28. The Morgan fingerprint density at radius 1 is 1.46 bits per heavy atom. The zero-order valence-electron chi connectivity index (χ0n) is 6.34. The van der Waals surface area contributed by atoms with Crippen LogP contribution in [-0.4, -0.2) is 9.91 Å². The number of hydrogen-bond acceptors (Lipinski definition) is 5. The smallest absolute Gasteiger partial charge is 0.358 e. The molecular formula is C7H4N2O2S2. The highest BCUT2D eigenvalue weighted by atomic mass is 32.1. The molecule has 0 amide bonds. The van der Waals surface area contributed by atoms with E-state index in [0.717, 1.165) is 4.88 Å². The molecule has 0 saturated carbocycles. The van der Waals surface area contributed by atoms with E-state index >= 15 is 0 Å². The maximum Gasteiger partial charge on any atom is 0.375 e. The van der Waals surface area contributed by atoms with Crippen molar-refractivity contribution in [3.8, 4) is 9.88 Å². The number of rotatable bonds is 2. The topological polar surface area (TPSA) is 56.0 Å². The van der Waals surface area contributed by atoms with Crippen molar-refractivity contribution in [1.29, 1.82) is 0 Å². The van der Waals surface area contributed by atoms with Gasteiger partial charge in [-0.3, -0.25) is 0 Å². The minimum absolute atomic E-state index is 0.0756. The highest BCUT2D eigenvalue weighted by Gasteiger charge is 2.15. The standard InChI is InChI=1S/C7H4N2O2S2/c10-9(11)6-4-13-7(8-6)5-2-1-3-12-5/h1-4H. The normalized spacial score (nSPS) is 10.2. The second-order valence-corrected chi connectivity index (χ2v) is 4.05. The first-order chi connectivity index (χ1) is 6.27. The highest BCUT2D eigenvalue weighted by molar-refractivity contribution is 7.20. The summed E-state index contributed by atoms with van der Waals surface area (Å²) in [6, 6.07) is 3.79. The summed E-state index contributed by atoms with van der Waals surface area (Å²) in [5.74, 6) is -0.0756.